The van der Waals surface area contributed by atoms with Crippen molar-refractivity contribution in [2.45, 2.75) is 83.3 Å². The second-order valence-electron chi connectivity index (χ2n) is 16.4. The predicted octanol–water partition coefficient (Wildman–Crippen LogP) is 6.32. The van der Waals surface area contributed by atoms with Crippen LogP contribution in [0.1, 0.15) is 77.0 Å². The fourth-order valence-electron chi connectivity index (χ4n) is 9.33. The maximum atomic E-state index is 13.4. The molecule has 282 valence electrons. The maximum Gasteiger partial charge on any atom is 0.255 e. The highest BCUT2D eigenvalue weighted by molar-refractivity contribution is 6.05. The van der Waals surface area contributed by atoms with Crippen molar-refractivity contribution in [2.24, 2.45) is 5.92 Å². The number of hydrogen-bond acceptors (Lipinski definition) is 9. The number of piperidine rings is 2. The van der Waals surface area contributed by atoms with Gasteiger partial charge in [0.15, 0.2) is 0 Å². The summed E-state index contributed by atoms with van der Waals surface area (Å²) in [6, 6.07) is 23.7. The number of aromatic nitrogens is 1. The standard InChI is InChI=1S/C44H47N7O4/c1-27-4-5-31(41-28(2)47-55-29(41)3)20-39(27)51(34-10-7-33(8-11-34)44(26-45)16-17-44)36-24-48(25-36)22-30-14-18-49(19-15-30)35-9-6-32-23-50(43(54)37(32)21-35)38-12-13-40(52)46-42(38)53/h4-11,20-21,30,36,38H,12-19,22-25H2,1-3H3,(H,46,52,53). The van der Waals surface area contributed by atoms with Crippen LogP contribution in [0.15, 0.2) is 65.2 Å². The van der Waals surface area contributed by atoms with Crippen molar-refractivity contribution in [1.82, 2.24) is 20.3 Å². The van der Waals surface area contributed by atoms with Gasteiger partial charge in [-0.1, -0.05) is 35.5 Å². The van der Waals surface area contributed by atoms with E-state index in [1.807, 2.05) is 26.0 Å². The van der Waals surface area contributed by atoms with Crippen molar-refractivity contribution >= 4 is 34.8 Å². The topological polar surface area (TPSA) is 126 Å². The zero-order valence-corrected chi connectivity index (χ0v) is 31.8. The molecule has 0 bridgehead atoms. The summed E-state index contributed by atoms with van der Waals surface area (Å²) in [4.78, 5) is 46.7. The van der Waals surface area contributed by atoms with Gasteiger partial charge in [0, 0.05) is 73.9 Å². The van der Waals surface area contributed by atoms with Crippen LogP contribution in [-0.2, 0) is 21.5 Å². The van der Waals surface area contributed by atoms with E-state index in [2.05, 4.69) is 86.7 Å². The van der Waals surface area contributed by atoms with Crippen molar-refractivity contribution in [2.75, 3.05) is 42.5 Å². The second kappa shape index (κ2) is 13.7. The Hall–Kier alpha value is -5.47. The molecule has 4 aromatic rings. The third kappa shape index (κ3) is 6.36. The van der Waals surface area contributed by atoms with Gasteiger partial charge in [-0.3, -0.25) is 24.6 Å². The summed E-state index contributed by atoms with van der Waals surface area (Å²) in [6.45, 7) is 11.4. The Bertz CT molecular complexity index is 2200. The fourth-order valence-corrected chi connectivity index (χ4v) is 9.33. The van der Waals surface area contributed by atoms with Crippen LogP contribution in [0.4, 0.5) is 17.1 Å². The molecule has 4 aliphatic heterocycles. The molecule has 1 unspecified atom stereocenters. The van der Waals surface area contributed by atoms with E-state index in [1.54, 1.807) is 4.90 Å². The first kappa shape index (κ1) is 35.2. The van der Waals surface area contributed by atoms with Crippen LogP contribution in [0.2, 0.25) is 0 Å². The molecule has 3 amide bonds. The van der Waals surface area contributed by atoms with E-state index in [0.717, 1.165) is 103 Å². The lowest BCUT2D eigenvalue weighted by Gasteiger charge is -2.48. The molecule has 1 N–H and O–H groups in total. The molecular formula is C44H47N7O4. The maximum absolute atomic E-state index is 13.4. The van der Waals surface area contributed by atoms with Gasteiger partial charge in [0.05, 0.1) is 23.2 Å². The molecule has 1 aromatic heterocycles. The van der Waals surface area contributed by atoms with Crippen molar-refractivity contribution in [3.8, 4) is 17.2 Å². The number of anilines is 3. The van der Waals surface area contributed by atoms with Crippen molar-refractivity contribution in [3.05, 3.63) is 94.4 Å². The highest BCUT2D eigenvalue weighted by atomic mass is 16.5. The number of amides is 3. The largest absolute Gasteiger partial charge is 0.371 e. The number of fused-ring (bicyclic) bond motifs is 1. The molecule has 1 saturated carbocycles. The van der Waals surface area contributed by atoms with E-state index < -0.39 is 6.04 Å². The smallest absolute Gasteiger partial charge is 0.255 e. The van der Waals surface area contributed by atoms with E-state index in [1.165, 1.54) is 11.3 Å². The van der Waals surface area contributed by atoms with Gasteiger partial charge >= 0.3 is 0 Å². The molecule has 11 heteroatoms. The summed E-state index contributed by atoms with van der Waals surface area (Å²) in [5.41, 5.74) is 10.0. The van der Waals surface area contributed by atoms with Gasteiger partial charge in [0.1, 0.15) is 11.8 Å². The SMILES string of the molecule is Cc1ccc(-c2c(C)noc2C)cc1N(c1ccc(C2(C#N)CC2)cc1)C1CN(CC2CCN(c3ccc4c(c3)C(=O)N(C3CCC(=O)NC3=O)C4)CC2)C1. The third-order valence-electron chi connectivity index (χ3n) is 12.8. The lowest BCUT2D eigenvalue weighted by atomic mass is 9.92. The average Bonchev–Trinajstić information content (AvgIpc) is 3.82. The monoisotopic (exact) mass is 737 g/mol. The third-order valence-corrected chi connectivity index (χ3v) is 12.8. The Morgan fingerprint density at radius 2 is 1.73 bits per heavy atom. The highest BCUT2D eigenvalue weighted by Crippen LogP contribution is 2.48. The first-order valence-corrected chi connectivity index (χ1v) is 19.7. The van der Waals surface area contributed by atoms with Gasteiger partial charge in [0.25, 0.3) is 5.91 Å². The predicted molar refractivity (Wildman–Crippen MR) is 209 cm³/mol. The Labute approximate surface area is 321 Å². The first-order valence-electron chi connectivity index (χ1n) is 19.7. The molecule has 9 rings (SSSR count). The molecule has 11 nitrogen and oxygen atoms in total. The molecule has 1 atom stereocenters. The molecule has 55 heavy (non-hydrogen) atoms. The number of hydrogen-bond donors (Lipinski definition) is 1. The average molecular weight is 738 g/mol. The van der Waals surface area contributed by atoms with Crippen LogP contribution in [0, 0.1) is 38.0 Å². The Kier molecular flexibility index (Phi) is 8.76. The normalized spacial score (nSPS) is 21.3. The Morgan fingerprint density at radius 1 is 0.964 bits per heavy atom. The number of nitriles is 1. The summed E-state index contributed by atoms with van der Waals surface area (Å²) < 4.78 is 5.54. The molecule has 5 aliphatic rings. The lowest BCUT2D eigenvalue weighted by Crippen LogP contribution is -2.59. The van der Waals surface area contributed by atoms with Gasteiger partial charge in [-0.25, -0.2) is 0 Å². The van der Waals surface area contributed by atoms with E-state index in [4.69, 9.17) is 4.52 Å². The molecule has 1 aliphatic carbocycles. The van der Waals surface area contributed by atoms with Crippen molar-refractivity contribution < 1.29 is 18.9 Å². The van der Waals surface area contributed by atoms with Crippen molar-refractivity contribution in [3.63, 3.8) is 0 Å². The van der Waals surface area contributed by atoms with Gasteiger partial charge in [-0.15, -0.1) is 0 Å². The van der Waals surface area contributed by atoms with Crippen LogP contribution in [0.3, 0.4) is 0 Å². The number of aryl methyl sites for hydroxylation is 3. The van der Waals surface area contributed by atoms with Gasteiger partial charge in [-0.05, 0) is 111 Å². The minimum atomic E-state index is -0.600. The van der Waals surface area contributed by atoms with Gasteiger partial charge in [0.2, 0.25) is 11.8 Å². The van der Waals surface area contributed by atoms with E-state index in [0.29, 0.717) is 30.5 Å². The van der Waals surface area contributed by atoms with E-state index >= 15 is 0 Å². The summed E-state index contributed by atoms with van der Waals surface area (Å²) in [6.07, 6.45) is 4.65. The molecule has 4 fully saturated rings. The van der Waals surface area contributed by atoms with E-state index in [9.17, 15) is 19.6 Å². The number of nitrogens with one attached hydrogen (secondary N) is 1. The van der Waals surface area contributed by atoms with Crippen LogP contribution in [0.5, 0.6) is 0 Å². The summed E-state index contributed by atoms with van der Waals surface area (Å²) in [5.74, 6) is 0.628. The zero-order valence-electron chi connectivity index (χ0n) is 31.8. The minimum Gasteiger partial charge on any atom is -0.371 e. The van der Waals surface area contributed by atoms with Crippen LogP contribution in [0.25, 0.3) is 11.1 Å². The Balaban J connectivity index is 0.861. The van der Waals surface area contributed by atoms with Gasteiger partial charge < -0.3 is 19.2 Å². The number of benzene rings is 3. The quantitative estimate of drug-likeness (QED) is 0.197. The van der Waals surface area contributed by atoms with Crippen LogP contribution >= 0.6 is 0 Å². The molecular weight excluding hydrogens is 691 g/mol. The van der Waals surface area contributed by atoms with Crippen LogP contribution < -0.4 is 15.1 Å². The zero-order chi connectivity index (χ0) is 38.0. The summed E-state index contributed by atoms with van der Waals surface area (Å²) in [7, 11) is 0. The number of rotatable bonds is 9. The number of likely N-dealkylation sites (tertiary alicyclic amines) is 1. The molecule has 0 radical (unpaired) electrons. The number of imide groups is 1. The van der Waals surface area contributed by atoms with Crippen molar-refractivity contribution in [1.29, 1.82) is 5.26 Å². The molecule has 5 heterocycles. The fraction of sp³-hybridized carbons (Fsp3) is 0.432. The summed E-state index contributed by atoms with van der Waals surface area (Å²) in [5, 5.41) is 16.4. The molecule has 0 spiro atoms. The van der Waals surface area contributed by atoms with Crippen LogP contribution in [-0.4, -0.2) is 77.5 Å². The molecule has 3 aromatic carbocycles. The lowest BCUT2D eigenvalue weighted by molar-refractivity contribution is -0.136. The number of carbonyl (C=O) groups excluding carboxylic acids is 3. The first-order chi connectivity index (χ1) is 26.6. The van der Waals surface area contributed by atoms with E-state index in [-0.39, 0.29) is 29.6 Å². The highest BCUT2D eigenvalue weighted by Gasteiger charge is 2.45. The summed E-state index contributed by atoms with van der Waals surface area (Å²) >= 11 is 0. The minimum absolute atomic E-state index is 0.127. The molecule has 3 saturated heterocycles. The number of carbonyl (C=O) groups is 3. The van der Waals surface area contributed by atoms with Gasteiger partial charge in [-0.2, -0.15) is 5.26 Å². The second-order valence-corrected chi connectivity index (χ2v) is 16.4. The number of nitrogens with zero attached hydrogens (tertiary/aromatic N) is 6. The Morgan fingerprint density at radius 3 is 2.40 bits per heavy atom.